The van der Waals surface area contributed by atoms with Gasteiger partial charge in [0.1, 0.15) is 17.5 Å². The zero-order valence-corrected chi connectivity index (χ0v) is 65.5. The van der Waals surface area contributed by atoms with E-state index in [2.05, 4.69) is 211 Å². The van der Waals surface area contributed by atoms with E-state index in [-0.39, 0.29) is 17.5 Å². The van der Waals surface area contributed by atoms with Crippen molar-refractivity contribution >= 4 is 0 Å². The fourth-order valence-electron chi connectivity index (χ4n) is 12.5. The van der Waals surface area contributed by atoms with Gasteiger partial charge in [-0.05, 0) is 203 Å². The second-order valence-corrected chi connectivity index (χ2v) is 27.3. The van der Waals surface area contributed by atoms with E-state index in [0.717, 1.165) is 189 Å². The third kappa shape index (κ3) is 27.7. The molecular weight excluding hydrogens is 1370 g/mol. The number of benzene rings is 6. The van der Waals surface area contributed by atoms with E-state index in [1.807, 2.05) is 91.5 Å². The van der Waals surface area contributed by atoms with Gasteiger partial charge in [-0.1, -0.05) is 133 Å². The predicted octanol–water partition coefficient (Wildman–Crippen LogP) is 17.7. The maximum Gasteiger partial charge on any atom is 0.132 e. The molecule has 6 aromatic carbocycles. The number of aromatic nitrogens is 12. The maximum atomic E-state index is 13.8. The van der Waals surface area contributed by atoms with Gasteiger partial charge in [0.15, 0.2) is 0 Å². The Morgan fingerprint density at radius 2 is 0.661 bits per heavy atom. The summed E-state index contributed by atoms with van der Waals surface area (Å²) in [5.74, 6) is -0.664. The molecule has 0 bridgehead atoms. The van der Waals surface area contributed by atoms with Crippen molar-refractivity contribution in [1.82, 2.24) is 90.6 Å². The summed E-state index contributed by atoms with van der Waals surface area (Å²) in [6.07, 6.45) is 17.8. The number of halogens is 3. The molecule has 0 atom stereocenters. The van der Waals surface area contributed by atoms with E-state index in [0.29, 0.717) is 16.7 Å². The molecule has 23 heteroatoms. The van der Waals surface area contributed by atoms with Crippen LogP contribution in [-0.2, 0) is 39.3 Å². The van der Waals surface area contributed by atoms with Gasteiger partial charge in [-0.25, -0.2) is 13.2 Å². The van der Waals surface area contributed by atoms with E-state index in [1.165, 1.54) is 53.4 Å². The highest BCUT2D eigenvalue weighted by Gasteiger charge is 2.17. The quantitative estimate of drug-likeness (QED) is 0.0246. The number of nitriles is 2. The van der Waals surface area contributed by atoms with Gasteiger partial charge >= 0.3 is 0 Å². The largest absolute Gasteiger partial charge is 0.302 e. The summed E-state index contributed by atoms with van der Waals surface area (Å²) < 4.78 is 39.9. The van der Waals surface area contributed by atoms with Crippen molar-refractivity contribution in [2.24, 2.45) is 0 Å². The number of hydrogen-bond donors (Lipinski definition) is 6. The fourth-order valence-corrected chi connectivity index (χ4v) is 12.5. The predicted molar refractivity (Wildman–Crippen MR) is 433 cm³/mol. The molecule has 0 aliphatic heterocycles. The minimum Gasteiger partial charge on any atom is -0.302 e. The number of hydrogen-bond acceptors (Lipinski definition) is 14. The Morgan fingerprint density at radius 3 is 1.10 bits per heavy atom. The Kier molecular flexibility index (Phi) is 36.3. The van der Waals surface area contributed by atoms with Crippen LogP contribution in [0, 0.1) is 40.1 Å². The zero-order valence-electron chi connectivity index (χ0n) is 65.5. The molecular formula is C86H109F3N20. The molecule has 0 aliphatic carbocycles. The SMILES string of the molecule is CCCN(C)Cc1[nH]ncc1-c1ccc(F)cc1.CCCN(C)Cc1[nH]ncc1-c1cccc(C#N)c1.CCCN(C)Cc1cn[nH]c1-c1ccc(C#N)cc1.CCCN(C)Cc1cn[nH]c1-c1cccc(F)c1.CCCN(C)Cc1cn[nH]c1-c1ccccc1.CCCN(C)Cc1cn[nH]c1-c1ccccc1F. The smallest absolute Gasteiger partial charge is 0.132 e. The Bertz CT molecular complexity index is 4600. The Hall–Kier alpha value is -10.9. The molecule has 0 fully saturated rings. The van der Waals surface area contributed by atoms with Crippen LogP contribution in [0.25, 0.3) is 67.3 Å². The van der Waals surface area contributed by atoms with Crippen molar-refractivity contribution in [3.8, 4) is 79.4 Å². The summed E-state index contributed by atoms with van der Waals surface area (Å²) in [6.45, 7) is 24.4. The van der Waals surface area contributed by atoms with Crippen LogP contribution < -0.4 is 0 Å². The van der Waals surface area contributed by atoms with Gasteiger partial charge in [-0.3, -0.25) is 30.6 Å². The molecule has 6 heterocycles. The molecule has 12 aromatic rings. The van der Waals surface area contributed by atoms with Crippen molar-refractivity contribution in [3.05, 3.63) is 251 Å². The van der Waals surface area contributed by atoms with Crippen molar-refractivity contribution in [2.45, 2.75) is 119 Å². The van der Waals surface area contributed by atoms with Gasteiger partial charge in [-0.15, -0.1) is 0 Å². The van der Waals surface area contributed by atoms with Crippen LogP contribution in [0.5, 0.6) is 0 Å². The molecule has 0 saturated heterocycles. The lowest BCUT2D eigenvalue weighted by molar-refractivity contribution is 0.324. The van der Waals surface area contributed by atoms with Gasteiger partial charge in [-0.2, -0.15) is 41.1 Å². The average Bonchev–Trinajstić information content (AvgIpc) is 1.77. The molecule has 109 heavy (non-hydrogen) atoms. The van der Waals surface area contributed by atoms with Crippen LogP contribution in [0.3, 0.4) is 0 Å². The summed E-state index contributed by atoms with van der Waals surface area (Å²) in [6, 6.07) is 49.7. The van der Waals surface area contributed by atoms with Crippen LogP contribution >= 0.6 is 0 Å². The number of nitrogens with one attached hydrogen (secondary N) is 6. The van der Waals surface area contributed by atoms with E-state index >= 15 is 0 Å². The van der Waals surface area contributed by atoms with E-state index < -0.39 is 0 Å². The topological polar surface area (TPSA) is 239 Å². The first-order chi connectivity index (χ1) is 52.9. The lowest BCUT2D eigenvalue weighted by atomic mass is 10.0. The van der Waals surface area contributed by atoms with Crippen LogP contribution in [0.2, 0.25) is 0 Å². The second-order valence-electron chi connectivity index (χ2n) is 27.3. The summed E-state index contributed by atoms with van der Waals surface area (Å²) in [5, 5.41) is 60.5. The third-order valence-corrected chi connectivity index (χ3v) is 17.6. The monoisotopic (exact) mass is 1480 g/mol. The maximum absolute atomic E-state index is 13.8. The zero-order chi connectivity index (χ0) is 78.3. The lowest BCUT2D eigenvalue weighted by Crippen LogP contribution is -2.19. The molecule has 12 rings (SSSR count). The van der Waals surface area contributed by atoms with E-state index in [9.17, 15) is 13.2 Å². The lowest BCUT2D eigenvalue weighted by Gasteiger charge is -2.15. The third-order valence-electron chi connectivity index (χ3n) is 17.6. The van der Waals surface area contributed by atoms with Crippen LogP contribution in [0.4, 0.5) is 13.2 Å². The number of nitrogens with zero attached hydrogens (tertiary/aromatic N) is 14. The molecule has 0 aliphatic rings. The fraction of sp³-hybridized carbons (Fsp3) is 0.349. The summed E-state index contributed by atoms with van der Waals surface area (Å²) >= 11 is 0. The van der Waals surface area contributed by atoms with Gasteiger partial charge in [0.2, 0.25) is 0 Å². The van der Waals surface area contributed by atoms with Gasteiger partial charge < -0.3 is 29.4 Å². The highest BCUT2D eigenvalue weighted by atomic mass is 19.1. The first kappa shape index (κ1) is 85.4. The van der Waals surface area contributed by atoms with Gasteiger partial charge in [0, 0.05) is 83.8 Å². The number of H-pyrrole nitrogens is 6. The van der Waals surface area contributed by atoms with Crippen molar-refractivity contribution in [2.75, 3.05) is 81.6 Å². The average molecular weight is 1480 g/mol. The Labute approximate surface area is 642 Å². The Balaban J connectivity index is 0.000000182. The van der Waals surface area contributed by atoms with Gasteiger partial charge in [0.25, 0.3) is 0 Å². The first-order valence-electron chi connectivity index (χ1n) is 37.5. The number of aromatic amines is 6. The van der Waals surface area contributed by atoms with Crippen molar-refractivity contribution in [1.29, 1.82) is 10.5 Å². The Morgan fingerprint density at radius 1 is 0.303 bits per heavy atom. The number of rotatable bonds is 30. The molecule has 0 unspecified atom stereocenters. The summed E-state index contributed by atoms with van der Waals surface area (Å²) in [5.41, 5.74) is 19.7. The molecule has 0 amide bonds. The normalized spacial score (nSPS) is 10.9. The van der Waals surface area contributed by atoms with Gasteiger partial charge in [0.05, 0.1) is 94.6 Å². The molecule has 0 saturated carbocycles. The van der Waals surface area contributed by atoms with Crippen molar-refractivity contribution in [3.63, 3.8) is 0 Å². The summed E-state index contributed by atoms with van der Waals surface area (Å²) in [4.78, 5) is 13.5. The second kappa shape index (κ2) is 46.4. The van der Waals surface area contributed by atoms with Crippen LogP contribution in [-0.4, -0.2) is 172 Å². The molecule has 0 spiro atoms. The highest BCUT2D eigenvalue weighted by Crippen LogP contribution is 2.29. The molecule has 6 N–H and O–H groups in total. The van der Waals surface area contributed by atoms with Crippen LogP contribution in [0.1, 0.15) is 125 Å². The highest BCUT2D eigenvalue weighted by molar-refractivity contribution is 5.69. The van der Waals surface area contributed by atoms with E-state index in [4.69, 9.17) is 10.5 Å². The standard InChI is InChI=1S/2C15H18N4.3C14H18FN3.C14H19N3/c1-3-8-19(2)11-14-10-17-18-15(14)13-6-4-12(9-16)5-7-13;1-3-7-19(2)11-15-14(10-17-18-15)13-6-4-5-12(8-13)9-16;1-3-8-18(2)10-14-13(9-16-17-14)11-4-6-12(15)7-5-11;1-3-8-18(2)10-11-9-16-17-14(11)12-6-4-5-7-13(12)15;1-3-7-18(2)10-12-9-16-17-14(12)11-5-4-6-13(15)8-11;1-3-9-17(2)11-13-10-15-16-14(13)12-7-5-4-6-8-12/h4-7,10H,3,8,11H2,1-2H3,(H,17,18);4-6,8,10H,3,7,11H2,1-2H3,(H,17,18);2*4-7,9H,3,8,10H2,1-2H3,(H,16,17);4-6,8-9H,3,7,10H2,1-2H3,(H,16,17);4-8,10H,3,9,11H2,1-2H3,(H,15,16). The first-order valence-corrected chi connectivity index (χ1v) is 37.5. The molecule has 20 nitrogen and oxygen atoms in total. The minimum absolute atomic E-state index is 0.216. The van der Waals surface area contributed by atoms with Crippen LogP contribution in [0.15, 0.2) is 189 Å². The molecule has 0 radical (unpaired) electrons. The minimum atomic E-state index is -0.227. The summed E-state index contributed by atoms with van der Waals surface area (Å²) in [7, 11) is 12.6. The molecule has 574 valence electrons. The molecule has 6 aromatic heterocycles. The van der Waals surface area contributed by atoms with Crippen molar-refractivity contribution < 1.29 is 13.2 Å². The van der Waals surface area contributed by atoms with E-state index in [1.54, 1.807) is 42.7 Å².